The zero-order chi connectivity index (χ0) is 17.7. The molecule has 1 heterocycles. The summed E-state index contributed by atoms with van der Waals surface area (Å²) in [6.45, 7) is 4.09. The van der Waals surface area contributed by atoms with E-state index in [9.17, 15) is 9.59 Å². The van der Waals surface area contributed by atoms with Crippen LogP contribution in [0.4, 0.5) is 0 Å². The number of aromatic nitrogens is 1. The van der Waals surface area contributed by atoms with E-state index in [2.05, 4.69) is 10.3 Å². The Morgan fingerprint density at radius 3 is 2.62 bits per heavy atom. The highest BCUT2D eigenvalue weighted by Crippen LogP contribution is 2.25. The number of benzene rings is 1. The minimum absolute atomic E-state index is 0.115. The number of carbonyl (C=O) groups excluding carboxylic acids is 1. The van der Waals surface area contributed by atoms with Crippen LogP contribution in [0.25, 0.3) is 0 Å². The number of rotatable bonds is 7. The number of hydrogen-bond donors (Lipinski definition) is 2. The van der Waals surface area contributed by atoms with Crippen molar-refractivity contribution < 1.29 is 14.7 Å². The Kier molecular flexibility index (Phi) is 6.34. The molecule has 0 bridgehead atoms. The number of carbonyl (C=O) groups is 2. The van der Waals surface area contributed by atoms with E-state index in [4.69, 9.17) is 16.7 Å². The summed E-state index contributed by atoms with van der Waals surface area (Å²) in [5, 5.41) is 15.1. The molecule has 0 spiro atoms. The molecule has 1 amide bonds. The lowest BCUT2D eigenvalue weighted by Gasteiger charge is -2.18. The van der Waals surface area contributed by atoms with Crippen molar-refractivity contribution in [1.82, 2.24) is 10.3 Å². The molecule has 1 aromatic carbocycles. The number of carboxylic acids is 1. The molecule has 2 aromatic rings. The molecular weight excluding hydrogens is 348 g/mol. The third kappa shape index (κ3) is 5.04. The van der Waals surface area contributed by atoms with Gasteiger partial charge in [-0.15, -0.1) is 11.3 Å². The number of thiazole rings is 1. The van der Waals surface area contributed by atoms with Crippen molar-refractivity contribution in [1.29, 1.82) is 0 Å². The molecule has 1 atom stereocenters. The molecule has 7 heteroatoms. The third-order valence-electron chi connectivity index (χ3n) is 3.40. The van der Waals surface area contributed by atoms with Crippen molar-refractivity contribution in [2.45, 2.75) is 38.6 Å². The van der Waals surface area contributed by atoms with Gasteiger partial charge in [0.1, 0.15) is 0 Å². The van der Waals surface area contributed by atoms with Crippen molar-refractivity contribution in [2.24, 2.45) is 0 Å². The molecule has 1 aromatic heterocycles. The summed E-state index contributed by atoms with van der Waals surface area (Å²) in [6, 6.07) is 6.24. The zero-order valence-corrected chi connectivity index (χ0v) is 15.0. The number of halogens is 1. The fourth-order valence-corrected chi connectivity index (χ4v) is 3.35. The van der Waals surface area contributed by atoms with Gasteiger partial charge in [-0.05, 0) is 11.6 Å². The molecule has 0 saturated heterocycles. The van der Waals surface area contributed by atoms with Gasteiger partial charge >= 0.3 is 5.97 Å². The normalized spacial score (nSPS) is 12.2. The Bertz CT molecular complexity index is 730. The molecule has 0 aliphatic carbocycles. The predicted octanol–water partition coefficient (Wildman–Crippen LogP) is 3.79. The van der Waals surface area contributed by atoms with Crippen molar-refractivity contribution in [2.75, 3.05) is 0 Å². The van der Waals surface area contributed by atoms with E-state index in [0.717, 1.165) is 5.01 Å². The molecule has 2 rings (SSSR count). The van der Waals surface area contributed by atoms with Crippen LogP contribution in [0.5, 0.6) is 0 Å². The number of carboxylic acid groups (broad SMARTS) is 1. The van der Waals surface area contributed by atoms with Crippen LogP contribution >= 0.6 is 22.9 Å². The molecule has 0 unspecified atom stereocenters. The van der Waals surface area contributed by atoms with Crippen molar-refractivity contribution in [3.05, 3.63) is 50.9 Å². The first-order valence-corrected chi connectivity index (χ1v) is 8.82. The van der Waals surface area contributed by atoms with Crippen molar-refractivity contribution in [3.63, 3.8) is 0 Å². The first-order chi connectivity index (χ1) is 11.4. The summed E-state index contributed by atoms with van der Waals surface area (Å²) in [6.07, 6.45) is -0.117. The van der Waals surface area contributed by atoms with Crippen molar-refractivity contribution >= 4 is 34.8 Å². The highest BCUT2D eigenvalue weighted by molar-refractivity contribution is 7.09. The zero-order valence-electron chi connectivity index (χ0n) is 13.5. The van der Waals surface area contributed by atoms with E-state index in [1.165, 1.54) is 11.3 Å². The first-order valence-electron chi connectivity index (χ1n) is 7.56. The summed E-state index contributed by atoms with van der Waals surface area (Å²) >= 11 is 7.65. The maximum atomic E-state index is 12.3. The molecule has 128 valence electrons. The largest absolute Gasteiger partial charge is 0.481 e. The fourth-order valence-electron chi connectivity index (χ4n) is 2.25. The quantitative estimate of drug-likeness (QED) is 0.781. The number of nitrogens with one attached hydrogen (secondary N) is 1. The number of amides is 1. The Hall–Kier alpha value is -1.92. The summed E-state index contributed by atoms with van der Waals surface area (Å²) in [7, 11) is 0. The lowest BCUT2D eigenvalue weighted by atomic mass is 10.0. The van der Waals surface area contributed by atoms with Gasteiger partial charge in [0.2, 0.25) is 5.91 Å². The van der Waals surface area contributed by atoms with Gasteiger partial charge in [0.05, 0.1) is 29.6 Å². The second-order valence-corrected chi connectivity index (χ2v) is 7.04. The van der Waals surface area contributed by atoms with E-state index in [1.807, 2.05) is 19.2 Å². The van der Waals surface area contributed by atoms with Crippen LogP contribution in [0.15, 0.2) is 29.6 Å². The molecule has 0 radical (unpaired) electrons. The van der Waals surface area contributed by atoms with Gasteiger partial charge in [0.25, 0.3) is 0 Å². The minimum atomic E-state index is -1.00. The molecule has 0 saturated carbocycles. The Labute approximate surface area is 149 Å². The van der Waals surface area contributed by atoms with Gasteiger partial charge in [0.15, 0.2) is 0 Å². The van der Waals surface area contributed by atoms with E-state index < -0.39 is 12.0 Å². The summed E-state index contributed by atoms with van der Waals surface area (Å²) < 4.78 is 0. The lowest BCUT2D eigenvalue weighted by molar-refractivity contribution is -0.137. The van der Waals surface area contributed by atoms with E-state index in [-0.39, 0.29) is 18.7 Å². The molecule has 0 aliphatic heterocycles. The van der Waals surface area contributed by atoms with Crippen LogP contribution in [-0.4, -0.2) is 22.0 Å². The monoisotopic (exact) mass is 366 g/mol. The molecule has 0 fully saturated rings. The Morgan fingerprint density at radius 1 is 1.33 bits per heavy atom. The van der Waals surface area contributed by atoms with E-state index in [0.29, 0.717) is 22.2 Å². The second kappa shape index (κ2) is 8.26. The smallest absolute Gasteiger partial charge is 0.305 e. The SMILES string of the molecule is CC(C)c1nc(CC(=O)N[C@H](CC(=O)O)c2ccccc2Cl)cs1. The maximum absolute atomic E-state index is 12.3. The standard InChI is InChI=1S/C17H19ClN2O3S/c1-10(2)17-19-11(9-24-17)7-15(21)20-14(8-16(22)23)12-5-3-4-6-13(12)18/h3-6,9-10,14H,7-8H2,1-2H3,(H,20,21)(H,22,23)/t14-/m1/s1. The van der Waals surface area contributed by atoms with Gasteiger partial charge in [-0.2, -0.15) is 0 Å². The Morgan fingerprint density at radius 2 is 2.04 bits per heavy atom. The maximum Gasteiger partial charge on any atom is 0.305 e. The van der Waals surface area contributed by atoms with Crippen LogP contribution in [-0.2, 0) is 16.0 Å². The number of aliphatic carboxylic acids is 1. The second-order valence-electron chi connectivity index (χ2n) is 5.75. The molecular formula is C17H19ClN2O3S. The van der Waals surface area contributed by atoms with Crippen LogP contribution in [0.3, 0.4) is 0 Å². The van der Waals surface area contributed by atoms with Gasteiger partial charge in [-0.3, -0.25) is 9.59 Å². The van der Waals surface area contributed by atoms with E-state index >= 15 is 0 Å². The van der Waals surface area contributed by atoms with Crippen LogP contribution < -0.4 is 5.32 Å². The Balaban J connectivity index is 2.09. The summed E-state index contributed by atoms with van der Waals surface area (Å²) in [4.78, 5) is 27.8. The summed E-state index contributed by atoms with van der Waals surface area (Å²) in [5.74, 6) is -0.965. The highest BCUT2D eigenvalue weighted by Gasteiger charge is 2.21. The van der Waals surface area contributed by atoms with Crippen LogP contribution in [0, 0.1) is 0 Å². The van der Waals surface area contributed by atoms with Gasteiger partial charge in [-0.25, -0.2) is 4.98 Å². The molecule has 0 aliphatic rings. The fraction of sp³-hybridized carbons (Fsp3) is 0.353. The average molecular weight is 367 g/mol. The number of hydrogen-bond acceptors (Lipinski definition) is 4. The van der Waals surface area contributed by atoms with Crippen molar-refractivity contribution in [3.8, 4) is 0 Å². The van der Waals surface area contributed by atoms with E-state index in [1.54, 1.807) is 24.3 Å². The van der Waals surface area contributed by atoms with Gasteiger partial charge in [-0.1, -0.05) is 43.6 Å². The first kappa shape index (κ1) is 18.4. The average Bonchev–Trinajstić information content (AvgIpc) is 2.95. The molecule has 2 N–H and O–H groups in total. The lowest BCUT2D eigenvalue weighted by Crippen LogP contribution is -2.31. The van der Waals surface area contributed by atoms with Gasteiger partial charge < -0.3 is 10.4 Å². The van der Waals surface area contributed by atoms with Crippen LogP contribution in [0.2, 0.25) is 5.02 Å². The topological polar surface area (TPSA) is 79.3 Å². The minimum Gasteiger partial charge on any atom is -0.481 e. The summed E-state index contributed by atoms with van der Waals surface area (Å²) in [5.41, 5.74) is 1.28. The molecule has 24 heavy (non-hydrogen) atoms. The molecule has 5 nitrogen and oxygen atoms in total. The van der Waals surface area contributed by atoms with Crippen LogP contribution in [0.1, 0.15) is 48.5 Å². The highest BCUT2D eigenvalue weighted by atomic mass is 35.5. The number of nitrogens with zero attached hydrogens (tertiary/aromatic N) is 1. The third-order valence-corrected chi connectivity index (χ3v) is 4.94. The van der Waals surface area contributed by atoms with Gasteiger partial charge in [0, 0.05) is 16.3 Å². The predicted molar refractivity (Wildman–Crippen MR) is 94.5 cm³/mol.